The lowest BCUT2D eigenvalue weighted by Crippen LogP contribution is -2.27. The van der Waals surface area contributed by atoms with Gasteiger partial charge in [-0.1, -0.05) is 6.07 Å². The van der Waals surface area contributed by atoms with Crippen LogP contribution in [0.25, 0.3) is 0 Å². The van der Waals surface area contributed by atoms with Crippen LogP contribution < -0.4 is 11.1 Å². The maximum atomic E-state index is 13.3. The van der Waals surface area contributed by atoms with Gasteiger partial charge in [-0.2, -0.15) is 0 Å². The van der Waals surface area contributed by atoms with Crippen LogP contribution in [0.4, 0.5) is 9.52 Å². The van der Waals surface area contributed by atoms with Gasteiger partial charge in [0.2, 0.25) is 0 Å². The van der Waals surface area contributed by atoms with E-state index in [0.29, 0.717) is 10.7 Å². The first-order valence-electron chi connectivity index (χ1n) is 6.84. The third kappa shape index (κ3) is 2.96. The van der Waals surface area contributed by atoms with E-state index in [-0.39, 0.29) is 11.9 Å². The smallest absolute Gasteiger partial charge is 0.257 e. The van der Waals surface area contributed by atoms with E-state index in [1.54, 1.807) is 13.0 Å². The second-order valence-corrected chi connectivity index (χ2v) is 6.39. The number of carbonyl (C=O) groups is 1. The Bertz CT molecular complexity index is 698. The van der Waals surface area contributed by atoms with Crippen LogP contribution >= 0.6 is 11.3 Å². The Labute approximate surface area is 126 Å². The van der Waals surface area contributed by atoms with Gasteiger partial charge in [0.05, 0.1) is 5.69 Å². The zero-order chi connectivity index (χ0) is 15.0. The number of amides is 1. The van der Waals surface area contributed by atoms with Crippen LogP contribution in [0, 0.1) is 12.7 Å². The van der Waals surface area contributed by atoms with Crippen molar-refractivity contribution in [3.8, 4) is 0 Å². The number of carbonyl (C=O) groups excluding carboxylic acids is 1. The van der Waals surface area contributed by atoms with Crippen LogP contribution in [0.1, 0.15) is 32.9 Å². The summed E-state index contributed by atoms with van der Waals surface area (Å²) in [4.78, 5) is 17.8. The van der Waals surface area contributed by atoms with Crippen molar-refractivity contribution in [2.75, 3.05) is 5.32 Å². The molecule has 0 saturated heterocycles. The molecule has 1 aliphatic carbocycles. The third-order valence-electron chi connectivity index (χ3n) is 3.64. The molecule has 0 bridgehead atoms. The predicted octanol–water partition coefficient (Wildman–Crippen LogP) is 2.66. The maximum absolute atomic E-state index is 13.3. The lowest BCUT2D eigenvalue weighted by atomic mass is 9.99. The Morgan fingerprint density at radius 2 is 2.33 bits per heavy atom. The third-order valence-corrected chi connectivity index (χ3v) is 4.68. The fourth-order valence-corrected chi connectivity index (χ4v) is 3.55. The van der Waals surface area contributed by atoms with E-state index < -0.39 is 5.82 Å². The highest BCUT2D eigenvalue weighted by Gasteiger charge is 2.21. The van der Waals surface area contributed by atoms with Crippen molar-refractivity contribution in [2.45, 2.75) is 32.2 Å². The van der Waals surface area contributed by atoms with E-state index in [1.807, 2.05) is 0 Å². The quantitative estimate of drug-likeness (QED) is 0.896. The summed E-state index contributed by atoms with van der Waals surface area (Å²) in [5.41, 5.74) is 8.03. The van der Waals surface area contributed by atoms with Crippen LogP contribution in [0.2, 0.25) is 0 Å². The van der Waals surface area contributed by atoms with Crippen molar-refractivity contribution in [2.24, 2.45) is 5.73 Å². The molecule has 0 fully saturated rings. The van der Waals surface area contributed by atoms with Gasteiger partial charge >= 0.3 is 0 Å². The van der Waals surface area contributed by atoms with Gasteiger partial charge in [0, 0.05) is 16.5 Å². The summed E-state index contributed by atoms with van der Waals surface area (Å²) in [5.74, 6) is -0.752. The molecule has 3 rings (SSSR count). The standard InChI is InChI=1S/C15H16FN3OS/c1-8-2-3-9(16)6-11(8)14(20)19-15-18-12-5-4-10(17)7-13(12)21-15/h2-3,6,10H,4-5,7,17H2,1H3,(H,18,19,20)/t10-/m0/s1. The molecule has 21 heavy (non-hydrogen) atoms. The molecule has 1 heterocycles. The molecule has 2 aromatic rings. The SMILES string of the molecule is Cc1ccc(F)cc1C(=O)Nc1nc2c(s1)C[C@@H](N)CC2. The molecule has 1 amide bonds. The molecule has 0 spiro atoms. The molecule has 0 aliphatic heterocycles. The van der Waals surface area contributed by atoms with Gasteiger partial charge < -0.3 is 5.73 Å². The molecule has 0 saturated carbocycles. The van der Waals surface area contributed by atoms with Crippen molar-refractivity contribution >= 4 is 22.4 Å². The van der Waals surface area contributed by atoms with Gasteiger partial charge in [-0.05, 0) is 43.9 Å². The monoisotopic (exact) mass is 305 g/mol. The second-order valence-electron chi connectivity index (χ2n) is 5.31. The van der Waals surface area contributed by atoms with Crippen LogP contribution in [-0.2, 0) is 12.8 Å². The Hall–Kier alpha value is -1.79. The summed E-state index contributed by atoms with van der Waals surface area (Å²) in [5, 5.41) is 3.32. The van der Waals surface area contributed by atoms with E-state index in [0.717, 1.165) is 35.4 Å². The number of benzene rings is 1. The van der Waals surface area contributed by atoms with E-state index in [1.165, 1.54) is 23.5 Å². The number of hydrogen-bond acceptors (Lipinski definition) is 4. The fourth-order valence-electron chi connectivity index (χ4n) is 2.46. The Balaban J connectivity index is 1.80. The zero-order valence-electron chi connectivity index (χ0n) is 11.6. The van der Waals surface area contributed by atoms with Crippen LogP contribution in [-0.4, -0.2) is 16.9 Å². The summed E-state index contributed by atoms with van der Waals surface area (Å²) in [6.45, 7) is 1.78. The van der Waals surface area contributed by atoms with Crippen LogP contribution in [0.3, 0.4) is 0 Å². The minimum absolute atomic E-state index is 0.173. The lowest BCUT2D eigenvalue weighted by molar-refractivity contribution is 0.102. The van der Waals surface area contributed by atoms with E-state index in [4.69, 9.17) is 5.73 Å². The number of nitrogens with two attached hydrogens (primary N) is 1. The number of hydrogen-bond donors (Lipinski definition) is 2. The van der Waals surface area contributed by atoms with Crippen molar-refractivity contribution in [1.82, 2.24) is 4.98 Å². The van der Waals surface area contributed by atoms with Gasteiger partial charge in [-0.15, -0.1) is 11.3 Å². The normalized spacial score (nSPS) is 17.4. The molecule has 1 aliphatic rings. The van der Waals surface area contributed by atoms with Crippen molar-refractivity contribution in [3.63, 3.8) is 0 Å². The number of nitrogens with zero attached hydrogens (tertiary/aromatic N) is 1. The van der Waals surface area contributed by atoms with Gasteiger partial charge in [0.25, 0.3) is 5.91 Å². The molecule has 110 valence electrons. The van der Waals surface area contributed by atoms with Gasteiger partial charge in [0.1, 0.15) is 5.82 Å². The number of fused-ring (bicyclic) bond motifs is 1. The first-order valence-corrected chi connectivity index (χ1v) is 7.66. The van der Waals surface area contributed by atoms with Crippen LogP contribution in [0.5, 0.6) is 0 Å². The molecule has 1 aromatic heterocycles. The number of halogens is 1. The number of rotatable bonds is 2. The summed E-state index contributed by atoms with van der Waals surface area (Å²) in [6, 6.07) is 4.35. The van der Waals surface area contributed by atoms with Crippen molar-refractivity contribution in [1.29, 1.82) is 0 Å². The fraction of sp³-hybridized carbons (Fsp3) is 0.333. The summed E-state index contributed by atoms with van der Waals surface area (Å²) in [7, 11) is 0. The molecule has 0 radical (unpaired) electrons. The molecule has 0 unspecified atom stereocenters. The van der Waals surface area contributed by atoms with E-state index >= 15 is 0 Å². The van der Waals surface area contributed by atoms with Gasteiger partial charge in [-0.25, -0.2) is 9.37 Å². The number of aryl methyl sites for hydroxylation is 2. The maximum Gasteiger partial charge on any atom is 0.257 e. The highest BCUT2D eigenvalue weighted by molar-refractivity contribution is 7.15. The highest BCUT2D eigenvalue weighted by atomic mass is 32.1. The van der Waals surface area contributed by atoms with Crippen LogP contribution in [0.15, 0.2) is 18.2 Å². The average molecular weight is 305 g/mol. The summed E-state index contributed by atoms with van der Waals surface area (Å²) < 4.78 is 13.3. The Morgan fingerprint density at radius 1 is 1.52 bits per heavy atom. The number of aromatic nitrogens is 1. The molecule has 4 nitrogen and oxygen atoms in total. The number of nitrogens with one attached hydrogen (secondary N) is 1. The first kappa shape index (κ1) is 14.2. The molecule has 1 atom stereocenters. The number of anilines is 1. The average Bonchev–Trinajstić information content (AvgIpc) is 2.82. The van der Waals surface area contributed by atoms with Gasteiger partial charge in [-0.3, -0.25) is 10.1 Å². The summed E-state index contributed by atoms with van der Waals surface area (Å²) >= 11 is 1.46. The molecule has 1 aromatic carbocycles. The summed E-state index contributed by atoms with van der Waals surface area (Å²) in [6.07, 6.45) is 2.58. The Morgan fingerprint density at radius 3 is 3.14 bits per heavy atom. The van der Waals surface area contributed by atoms with Crippen molar-refractivity contribution < 1.29 is 9.18 Å². The zero-order valence-corrected chi connectivity index (χ0v) is 12.5. The second kappa shape index (κ2) is 5.54. The first-order chi connectivity index (χ1) is 10.0. The highest BCUT2D eigenvalue weighted by Crippen LogP contribution is 2.29. The predicted molar refractivity (Wildman–Crippen MR) is 81.2 cm³/mol. The molecule has 3 N–H and O–H groups in total. The molecular weight excluding hydrogens is 289 g/mol. The van der Waals surface area contributed by atoms with Crippen molar-refractivity contribution in [3.05, 3.63) is 45.7 Å². The Kier molecular flexibility index (Phi) is 3.73. The largest absolute Gasteiger partial charge is 0.327 e. The van der Waals surface area contributed by atoms with E-state index in [9.17, 15) is 9.18 Å². The molecular formula is C15H16FN3OS. The minimum Gasteiger partial charge on any atom is -0.327 e. The molecule has 6 heteroatoms. The van der Waals surface area contributed by atoms with Gasteiger partial charge in [0.15, 0.2) is 5.13 Å². The van der Waals surface area contributed by atoms with E-state index in [2.05, 4.69) is 10.3 Å². The number of thiazole rings is 1. The minimum atomic E-state index is -0.421. The topological polar surface area (TPSA) is 68.0 Å². The lowest BCUT2D eigenvalue weighted by Gasteiger charge is -2.15.